The van der Waals surface area contributed by atoms with Gasteiger partial charge in [-0.3, -0.25) is 0 Å². The maximum absolute atomic E-state index is 5.71. The monoisotopic (exact) mass is 228 g/mol. The van der Waals surface area contributed by atoms with Crippen LogP contribution >= 0.6 is 0 Å². The van der Waals surface area contributed by atoms with Gasteiger partial charge in [0.2, 0.25) is 0 Å². The van der Waals surface area contributed by atoms with Crippen LogP contribution in [0.3, 0.4) is 0 Å². The van der Waals surface area contributed by atoms with E-state index >= 15 is 0 Å². The molecule has 3 heteroatoms. The Morgan fingerprint density at radius 3 is 2.69 bits per heavy atom. The Bertz CT molecular complexity index is 192. The van der Waals surface area contributed by atoms with Gasteiger partial charge in [0.1, 0.15) is 0 Å². The highest BCUT2D eigenvalue weighted by Gasteiger charge is 2.28. The van der Waals surface area contributed by atoms with Crippen LogP contribution in [-0.4, -0.2) is 50.3 Å². The van der Waals surface area contributed by atoms with Gasteiger partial charge >= 0.3 is 0 Å². The van der Waals surface area contributed by atoms with E-state index in [-0.39, 0.29) is 5.60 Å². The van der Waals surface area contributed by atoms with Crippen LogP contribution < -0.4 is 5.32 Å². The number of unbranched alkanes of at least 4 members (excludes halogenated alkanes) is 1. The standard InChI is InChI=1S/C13H28N2O/c1-13(2)11-12(7-10-16-13)14-8-5-6-9-15(3)4/h12,14H,5-11H2,1-4H3. The molecule has 0 radical (unpaired) electrons. The van der Waals surface area contributed by atoms with E-state index in [1.165, 1.54) is 19.4 Å². The molecule has 0 aromatic rings. The highest BCUT2D eigenvalue weighted by molar-refractivity contribution is 4.82. The molecule has 1 N–H and O–H groups in total. The fourth-order valence-corrected chi connectivity index (χ4v) is 2.27. The first-order valence-corrected chi connectivity index (χ1v) is 6.52. The maximum atomic E-state index is 5.71. The van der Waals surface area contributed by atoms with Crippen LogP contribution in [0.25, 0.3) is 0 Å². The summed E-state index contributed by atoms with van der Waals surface area (Å²) in [7, 11) is 4.27. The average Bonchev–Trinajstić information content (AvgIpc) is 2.15. The second kappa shape index (κ2) is 6.58. The van der Waals surface area contributed by atoms with Crippen molar-refractivity contribution in [3.63, 3.8) is 0 Å². The molecule has 0 aromatic carbocycles. The smallest absolute Gasteiger partial charge is 0.0641 e. The lowest BCUT2D eigenvalue weighted by Gasteiger charge is -2.36. The van der Waals surface area contributed by atoms with E-state index < -0.39 is 0 Å². The highest BCUT2D eigenvalue weighted by Crippen LogP contribution is 2.23. The first-order chi connectivity index (χ1) is 7.49. The minimum Gasteiger partial charge on any atom is -0.375 e. The maximum Gasteiger partial charge on any atom is 0.0641 e. The minimum atomic E-state index is 0.0690. The molecule has 3 nitrogen and oxygen atoms in total. The van der Waals surface area contributed by atoms with Crippen molar-refractivity contribution in [2.45, 2.75) is 51.2 Å². The highest BCUT2D eigenvalue weighted by atomic mass is 16.5. The predicted molar refractivity (Wildman–Crippen MR) is 68.8 cm³/mol. The second-order valence-corrected chi connectivity index (χ2v) is 5.76. The molecular formula is C13H28N2O. The lowest BCUT2D eigenvalue weighted by atomic mass is 9.94. The molecule has 0 saturated carbocycles. The van der Waals surface area contributed by atoms with Gasteiger partial charge in [0.15, 0.2) is 0 Å². The summed E-state index contributed by atoms with van der Waals surface area (Å²) in [5, 5.41) is 3.65. The molecule has 1 aliphatic rings. The molecular weight excluding hydrogens is 200 g/mol. The fourth-order valence-electron chi connectivity index (χ4n) is 2.27. The van der Waals surface area contributed by atoms with Crippen LogP contribution in [0.2, 0.25) is 0 Å². The molecule has 1 saturated heterocycles. The van der Waals surface area contributed by atoms with E-state index in [2.05, 4.69) is 38.2 Å². The van der Waals surface area contributed by atoms with Gasteiger partial charge in [-0.2, -0.15) is 0 Å². The molecule has 96 valence electrons. The van der Waals surface area contributed by atoms with E-state index in [1.54, 1.807) is 0 Å². The Hall–Kier alpha value is -0.120. The summed E-state index contributed by atoms with van der Waals surface area (Å²) in [5.74, 6) is 0. The van der Waals surface area contributed by atoms with E-state index in [4.69, 9.17) is 4.74 Å². The van der Waals surface area contributed by atoms with E-state index in [1.807, 2.05) is 0 Å². The topological polar surface area (TPSA) is 24.5 Å². The lowest BCUT2D eigenvalue weighted by molar-refractivity contribution is -0.0628. The Balaban J connectivity index is 2.04. The summed E-state index contributed by atoms with van der Waals surface area (Å²) in [6, 6.07) is 0.656. The van der Waals surface area contributed by atoms with Crippen molar-refractivity contribution in [1.29, 1.82) is 0 Å². The van der Waals surface area contributed by atoms with Crippen molar-refractivity contribution >= 4 is 0 Å². The van der Waals surface area contributed by atoms with Crippen LogP contribution in [0.5, 0.6) is 0 Å². The molecule has 0 bridgehead atoms. The number of nitrogens with zero attached hydrogens (tertiary/aromatic N) is 1. The minimum absolute atomic E-state index is 0.0690. The molecule has 0 aromatic heterocycles. The molecule has 0 amide bonds. The van der Waals surface area contributed by atoms with Crippen molar-refractivity contribution in [3.05, 3.63) is 0 Å². The van der Waals surface area contributed by atoms with Crippen molar-refractivity contribution in [2.24, 2.45) is 0 Å². The Morgan fingerprint density at radius 2 is 2.06 bits per heavy atom. The molecule has 0 aliphatic carbocycles. The van der Waals surface area contributed by atoms with Crippen molar-refractivity contribution in [3.8, 4) is 0 Å². The summed E-state index contributed by atoms with van der Waals surface area (Å²) in [6.45, 7) is 7.62. The zero-order valence-electron chi connectivity index (χ0n) is 11.4. The summed E-state index contributed by atoms with van der Waals surface area (Å²) in [4.78, 5) is 2.25. The molecule has 1 unspecified atom stereocenters. The van der Waals surface area contributed by atoms with Gasteiger partial charge in [-0.1, -0.05) is 0 Å². The largest absolute Gasteiger partial charge is 0.375 e. The van der Waals surface area contributed by atoms with E-state index in [0.717, 1.165) is 26.0 Å². The van der Waals surface area contributed by atoms with Crippen molar-refractivity contribution in [1.82, 2.24) is 10.2 Å². The van der Waals surface area contributed by atoms with Gasteiger partial charge in [0.25, 0.3) is 0 Å². The third-order valence-corrected chi connectivity index (χ3v) is 3.16. The third kappa shape index (κ3) is 5.83. The molecule has 16 heavy (non-hydrogen) atoms. The number of ether oxygens (including phenoxy) is 1. The van der Waals surface area contributed by atoms with Gasteiger partial charge in [-0.15, -0.1) is 0 Å². The Kier molecular flexibility index (Phi) is 5.73. The zero-order chi connectivity index (χ0) is 12.0. The first-order valence-electron chi connectivity index (χ1n) is 6.52. The van der Waals surface area contributed by atoms with Gasteiger partial charge in [-0.05, 0) is 66.7 Å². The zero-order valence-corrected chi connectivity index (χ0v) is 11.4. The number of nitrogens with one attached hydrogen (secondary N) is 1. The quantitative estimate of drug-likeness (QED) is 0.703. The molecule has 1 aliphatic heterocycles. The fraction of sp³-hybridized carbons (Fsp3) is 1.00. The summed E-state index contributed by atoms with van der Waals surface area (Å²) >= 11 is 0. The molecule has 1 rings (SSSR count). The van der Waals surface area contributed by atoms with Crippen LogP contribution in [0.1, 0.15) is 39.5 Å². The third-order valence-electron chi connectivity index (χ3n) is 3.16. The first kappa shape index (κ1) is 13.9. The molecule has 1 heterocycles. The van der Waals surface area contributed by atoms with Crippen molar-refractivity contribution in [2.75, 3.05) is 33.8 Å². The van der Waals surface area contributed by atoms with Crippen LogP contribution in [0.4, 0.5) is 0 Å². The molecule has 0 spiro atoms. The van der Waals surface area contributed by atoms with Crippen LogP contribution in [-0.2, 0) is 4.74 Å². The number of rotatable bonds is 6. The molecule has 1 atom stereocenters. The number of hydrogen-bond donors (Lipinski definition) is 1. The summed E-state index contributed by atoms with van der Waals surface area (Å²) in [6.07, 6.45) is 4.86. The van der Waals surface area contributed by atoms with Gasteiger partial charge in [0.05, 0.1) is 5.60 Å². The second-order valence-electron chi connectivity index (χ2n) is 5.76. The lowest BCUT2D eigenvalue weighted by Crippen LogP contribution is -2.44. The molecule has 1 fully saturated rings. The number of hydrogen-bond acceptors (Lipinski definition) is 3. The SMILES string of the molecule is CN(C)CCCCNC1CCOC(C)(C)C1. The van der Waals surface area contributed by atoms with E-state index in [9.17, 15) is 0 Å². The summed E-state index contributed by atoms with van der Waals surface area (Å²) < 4.78 is 5.71. The van der Waals surface area contributed by atoms with E-state index in [0.29, 0.717) is 6.04 Å². The van der Waals surface area contributed by atoms with Gasteiger partial charge < -0.3 is 15.0 Å². The Morgan fingerprint density at radius 1 is 1.31 bits per heavy atom. The van der Waals surface area contributed by atoms with Crippen LogP contribution in [0.15, 0.2) is 0 Å². The predicted octanol–water partition coefficient (Wildman–Crippen LogP) is 1.88. The van der Waals surface area contributed by atoms with Gasteiger partial charge in [0, 0.05) is 12.6 Å². The average molecular weight is 228 g/mol. The van der Waals surface area contributed by atoms with Crippen molar-refractivity contribution < 1.29 is 4.74 Å². The normalized spacial score (nSPS) is 24.9. The summed E-state index contributed by atoms with van der Waals surface area (Å²) in [5.41, 5.74) is 0.0690. The van der Waals surface area contributed by atoms with Crippen LogP contribution in [0, 0.1) is 0 Å². The van der Waals surface area contributed by atoms with Gasteiger partial charge in [-0.25, -0.2) is 0 Å². The Labute approximate surface area is 101 Å².